The molecule has 0 fully saturated rings. The van der Waals surface area contributed by atoms with Crippen LogP contribution < -0.4 is 0 Å². The minimum Gasteiger partial charge on any atom is -0.208 e. The first-order valence-electron chi connectivity index (χ1n) is 19.3. The van der Waals surface area contributed by atoms with E-state index in [0.29, 0.717) is 17.5 Å². The molecule has 7 aromatic carbocycles. The molecule has 0 aliphatic heterocycles. The first-order chi connectivity index (χ1) is 26.8. The molecule has 11 rings (SSSR count). The van der Waals surface area contributed by atoms with Gasteiger partial charge in [-0.1, -0.05) is 179 Å². The van der Waals surface area contributed by atoms with E-state index in [2.05, 4.69) is 173 Å². The highest BCUT2D eigenvalue weighted by Crippen LogP contribution is 2.62. The molecule has 262 valence electrons. The first kappa shape index (κ1) is 32.0. The Kier molecular flexibility index (Phi) is 6.57. The third kappa shape index (κ3) is 4.30. The van der Waals surface area contributed by atoms with Crippen LogP contribution in [0.25, 0.3) is 56.4 Å². The molecule has 1 aromatic heterocycles. The number of rotatable bonds is 3. The quantitative estimate of drug-likeness (QED) is 0.184. The largest absolute Gasteiger partial charge is 0.208 e. The van der Waals surface area contributed by atoms with Gasteiger partial charge in [-0.15, -0.1) is 0 Å². The number of nitrogens with zero attached hydrogens (tertiary/aromatic N) is 3. The van der Waals surface area contributed by atoms with Crippen LogP contribution >= 0.6 is 0 Å². The summed E-state index contributed by atoms with van der Waals surface area (Å²) in [5.74, 6) is 2.00. The predicted molar refractivity (Wildman–Crippen MR) is 223 cm³/mol. The van der Waals surface area contributed by atoms with Crippen molar-refractivity contribution in [1.82, 2.24) is 15.0 Å². The minimum absolute atomic E-state index is 0.134. The topological polar surface area (TPSA) is 38.7 Å². The Morgan fingerprint density at radius 1 is 0.291 bits per heavy atom. The van der Waals surface area contributed by atoms with Crippen molar-refractivity contribution in [3.05, 3.63) is 208 Å². The zero-order valence-electron chi connectivity index (χ0n) is 31.4. The summed E-state index contributed by atoms with van der Waals surface area (Å²) in [6.07, 6.45) is 0. The molecule has 0 N–H and O–H groups in total. The molecule has 0 bridgehead atoms. The standard InChI is InChI=1S/C52H39N3/c1-50(2)39-20-10-8-18-35(39)37-28-26-33(30-45(37)50)48-53-47(32-16-6-5-7-17-32)54-49(55-48)34-27-29-38-36-19-9-11-21-40(36)52(46(38)31-34)43-24-14-12-22-41(43)51(3,4)42-23-13-15-25-44(42)52/h5-31H,1-4H3. The van der Waals surface area contributed by atoms with Crippen molar-refractivity contribution in [2.45, 2.75) is 43.9 Å². The van der Waals surface area contributed by atoms with E-state index in [4.69, 9.17) is 15.0 Å². The SMILES string of the molecule is CC1(C)c2ccccc2-c2ccc(-c3nc(-c4ccccc4)nc(-c4ccc5c(c4)C4(c6ccccc6-5)c5ccccc5C(C)(C)c5ccccc54)n3)cc21. The van der Waals surface area contributed by atoms with Crippen LogP contribution in [0.4, 0.5) is 0 Å². The Balaban J connectivity index is 1.15. The maximum absolute atomic E-state index is 5.32. The number of hydrogen-bond donors (Lipinski definition) is 0. The molecule has 0 saturated heterocycles. The monoisotopic (exact) mass is 705 g/mol. The minimum atomic E-state index is -0.497. The van der Waals surface area contributed by atoms with Crippen molar-refractivity contribution < 1.29 is 0 Å². The Morgan fingerprint density at radius 3 is 1.25 bits per heavy atom. The molecule has 55 heavy (non-hydrogen) atoms. The molecule has 3 aliphatic carbocycles. The number of benzene rings is 7. The van der Waals surface area contributed by atoms with Gasteiger partial charge < -0.3 is 0 Å². The highest BCUT2D eigenvalue weighted by molar-refractivity contribution is 5.90. The average Bonchev–Trinajstić information content (AvgIpc) is 3.65. The molecule has 0 saturated carbocycles. The molecule has 0 unspecified atom stereocenters. The lowest BCUT2D eigenvalue weighted by molar-refractivity contribution is 0.563. The molecule has 0 atom stereocenters. The lowest BCUT2D eigenvalue weighted by Crippen LogP contribution is -2.40. The Hall–Kier alpha value is -6.45. The second kappa shape index (κ2) is 11.3. The van der Waals surface area contributed by atoms with Crippen molar-refractivity contribution in [3.63, 3.8) is 0 Å². The Labute approximate surface area is 322 Å². The summed E-state index contributed by atoms with van der Waals surface area (Å²) < 4.78 is 0. The second-order valence-electron chi connectivity index (χ2n) is 16.4. The van der Waals surface area contributed by atoms with Crippen LogP contribution in [0.5, 0.6) is 0 Å². The van der Waals surface area contributed by atoms with Gasteiger partial charge >= 0.3 is 0 Å². The molecule has 0 radical (unpaired) electrons. The zero-order chi connectivity index (χ0) is 37.1. The van der Waals surface area contributed by atoms with E-state index in [1.54, 1.807) is 0 Å². The van der Waals surface area contributed by atoms with Crippen LogP contribution in [0.2, 0.25) is 0 Å². The van der Waals surface area contributed by atoms with Gasteiger partial charge in [-0.2, -0.15) is 0 Å². The highest BCUT2D eigenvalue weighted by Gasteiger charge is 2.53. The summed E-state index contributed by atoms with van der Waals surface area (Å²) in [6, 6.07) is 59.8. The summed E-state index contributed by atoms with van der Waals surface area (Å²) in [4.78, 5) is 15.7. The van der Waals surface area contributed by atoms with Gasteiger partial charge in [-0.3, -0.25) is 0 Å². The van der Waals surface area contributed by atoms with Crippen LogP contribution in [0.1, 0.15) is 72.2 Å². The summed E-state index contributed by atoms with van der Waals surface area (Å²) in [7, 11) is 0. The van der Waals surface area contributed by atoms with E-state index in [0.717, 1.165) is 16.7 Å². The Bertz CT molecular complexity index is 2830. The predicted octanol–water partition coefficient (Wildman–Crippen LogP) is 12.2. The van der Waals surface area contributed by atoms with Gasteiger partial charge in [0.15, 0.2) is 17.5 Å². The van der Waals surface area contributed by atoms with Gasteiger partial charge in [0.05, 0.1) is 5.41 Å². The van der Waals surface area contributed by atoms with Crippen LogP contribution in [-0.2, 0) is 16.2 Å². The lowest BCUT2D eigenvalue weighted by atomic mass is 9.55. The fourth-order valence-corrected chi connectivity index (χ4v) is 10.2. The molecule has 8 aromatic rings. The van der Waals surface area contributed by atoms with E-state index in [-0.39, 0.29) is 10.8 Å². The van der Waals surface area contributed by atoms with E-state index in [1.807, 2.05) is 18.2 Å². The van der Waals surface area contributed by atoms with Crippen LogP contribution in [0.3, 0.4) is 0 Å². The molecular formula is C52H39N3. The Morgan fingerprint density at radius 2 is 0.673 bits per heavy atom. The number of hydrogen-bond acceptors (Lipinski definition) is 3. The normalized spacial score (nSPS) is 15.7. The summed E-state index contributed by atoms with van der Waals surface area (Å²) in [6.45, 7) is 9.37. The first-order valence-corrected chi connectivity index (χ1v) is 19.3. The fraction of sp³-hybridized carbons (Fsp3) is 0.135. The molecule has 1 heterocycles. The van der Waals surface area contributed by atoms with Gasteiger partial charge in [0, 0.05) is 27.5 Å². The van der Waals surface area contributed by atoms with E-state index in [9.17, 15) is 0 Å². The van der Waals surface area contributed by atoms with Gasteiger partial charge in [-0.25, -0.2) is 15.0 Å². The third-order valence-corrected chi connectivity index (χ3v) is 12.8. The zero-order valence-corrected chi connectivity index (χ0v) is 31.4. The molecule has 3 heteroatoms. The smallest absolute Gasteiger partial charge is 0.164 e. The van der Waals surface area contributed by atoms with Gasteiger partial charge in [0.25, 0.3) is 0 Å². The maximum Gasteiger partial charge on any atom is 0.164 e. The van der Waals surface area contributed by atoms with E-state index >= 15 is 0 Å². The number of fused-ring (bicyclic) bond motifs is 12. The number of aromatic nitrogens is 3. The van der Waals surface area contributed by atoms with Crippen molar-refractivity contribution in [2.24, 2.45) is 0 Å². The van der Waals surface area contributed by atoms with Crippen molar-refractivity contribution in [2.75, 3.05) is 0 Å². The van der Waals surface area contributed by atoms with Gasteiger partial charge in [-0.05, 0) is 78.9 Å². The van der Waals surface area contributed by atoms with Gasteiger partial charge in [0.2, 0.25) is 0 Å². The van der Waals surface area contributed by atoms with E-state index < -0.39 is 5.41 Å². The second-order valence-corrected chi connectivity index (χ2v) is 16.4. The van der Waals surface area contributed by atoms with Crippen molar-refractivity contribution in [3.8, 4) is 56.4 Å². The molecule has 3 nitrogen and oxygen atoms in total. The lowest BCUT2D eigenvalue weighted by Gasteiger charge is -2.46. The van der Waals surface area contributed by atoms with Crippen LogP contribution in [-0.4, -0.2) is 15.0 Å². The van der Waals surface area contributed by atoms with Crippen LogP contribution in [0, 0.1) is 0 Å². The highest BCUT2D eigenvalue weighted by atomic mass is 15.0. The van der Waals surface area contributed by atoms with E-state index in [1.165, 1.54) is 66.8 Å². The third-order valence-electron chi connectivity index (χ3n) is 12.8. The molecule has 1 spiro atoms. The molecule has 3 aliphatic rings. The van der Waals surface area contributed by atoms with Crippen LogP contribution in [0.15, 0.2) is 164 Å². The van der Waals surface area contributed by atoms with Gasteiger partial charge in [0.1, 0.15) is 0 Å². The van der Waals surface area contributed by atoms with Crippen molar-refractivity contribution >= 4 is 0 Å². The summed E-state index contributed by atoms with van der Waals surface area (Å²) in [5.41, 5.74) is 17.9. The summed E-state index contributed by atoms with van der Waals surface area (Å²) in [5, 5.41) is 0. The molecular weight excluding hydrogens is 667 g/mol. The fourth-order valence-electron chi connectivity index (χ4n) is 10.2. The maximum atomic E-state index is 5.32. The molecule has 0 amide bonds. The summed E-state index contributed by atoms with van der Waals surface area (Å²) >= 11 is 0. The average molecular weight is 706 g/mol. The van der Waals surface area contributed by atoms with Crippen molar-refractivity contribution in [1.29, 1.82) is 0 Å².